The van der Waals surface area contributed by atoms with E-state index in [0.717, 1.165) is 4.99 Å². The maximum atomic E-state index is 5.79. The van der Waals surface area contributed by atoms with Gasteiger partial charge in [0.2, 0.25) is 0 Å². The molecule has 2 heterocycles. The Bertz CT molecular complexity index is 445. The Hall–Kier alpha value is -0.480. The lowest BCUT2D eigenvalue weighted by atomic mass is 9.85. The maximum absolute atomic E-state index is 5.79. The first-order chi connectivity index (χ1) is 10.5. The number of rotatable bonds is 2. The second-order valence-electron chi connectivity index (χ2n) is 7.86. The van der Waals surface area contributed by atoms with Crippen LogP contribution in [0.4, 0.5) is 0 Å². The fourth-order valence-electron chi connectivity index (χ4n) is 4.51. The van der Waals surface area contributed by atoms with E-state index in [9.17, 15) is 0 Å². The molecule has 22 heavy (non-hydrogen) atoms. The van der Waals surface area contributed by atoms with E-state index in [-0.39, 0.29) is 5.41 Å². The van der Waals surface area contributed by atoms with Gasteiger partial charge in [-0.05, 0) is 38.8 Å². The molecule has 0 amide bonds. The van der Waals surface area contributed by atoms with Crippen LogP contribution in [-0.2, 0) is 0 Å². The van der Waals surface area contributed by atoms with E-state index in [1.165, 1.54) is 70.3 Å². The Balaban J connectivity index is 1.89. The van der Waals surface area contributed by atoms with Crippen molar-refractivity contribution in [2.24, 2.45) is 10.4 Å². The molecule has 0 aromatic carbocycles. The van der Waals surface area contributed by atoms with Gasteiger partial charge in [-0.15, -0.1) is 0 Å². The number of nitrogens with zero attached hydrogens (tertiary/aromatic N) is 3. The van der Waals surface area contributed by atoms with Crippen molar-refractivity contribution in [3.63, 3.8) is 0 Å². The van der Waals surface area contributed by atoms with Gasteiger partial charge in [-0.25, -0.2) is 0 Å². The maximum Gasteiger partial charge on any atom is 0.122 e. The summed E-state index contributed by atoms with van der Waals surface area (Å²) in [6.45, 7) is 7.03. The lowest BCUT2D eigenvalue weighted by Crippen LogP contribution is -2.50. The monoisotopic (exact) mass is 321 g/mol. The first kappa shape index (κ1) is 16.4. The van der Waals surface area contributed by atoms with Gasteiger partial charge in [0.25, 0.3) is 0 Å². The molecule has 3 fully saturated rings. The summed E-state index contributed by atoms with van der Waals surface area (Å²) in [5.74, 6) is 1.25. The van der Waals surface area contributed by atoms with Crippen LogP contribution in [0.15, 0.2) is 4.99 Å². The topological polar surface area (TPSA) is 18.8 Å². The van der Waals surface area contributed by atoms with Crippen molar-refractivity contribution in [2.75, 3.05) is 20.1 Å². The fraction of sp³-hybridized carbons (Fsp3) is 0.889. The predicted octanol–water partition coefficient (Wildman–Crippen LogP) is 3.87. The number of hydrogen-bond donors (Lipinski definition) is 0. The Morgan fingerprint density at radius 1 is 1.00 bits per heavy atom. The lowest BCUT2D eigenvalue weighted by molar-refractivity contribution is 0.154. The van der Waals surface area contributed by atoms with Crippen molar-refractivity contribution >= 4 is 23.0 Å². The summed E-state index contributed by atoms with van der Waals surface area (Å²) in [6, 6.07) is 0.905. The first-order valence-corrected chi connectivity index (χ1v) is 9.52. The van der Waals surface area contributed by atoms with Crippen LogP contribution in [0.5, 0.6) is 0 Å². The van der Waals surface area contributed by atoms with Crippen LogP contribution in [0.1, 0.15) is 65.2 Å². The molecule has 124 valence electrons. The average molecular weight is 322 g/mol. The minimum absolute atomic E-state index is 0.0227. The van der Waals surface area contributed by atoms with Gasteiger partial charge in [-0.1, -0.05) is 51.7 Å². The highest BCUT2D eigenvalue weighted by Crippen LogP contribution is 2.38. The van der Waals surface area contributed by atoms with Gasteiger partial charge in [0.1, 0.15) is 5.84 Å². The summed E-state index contributed by atoms with van der Waals surface area (Å²) in [4.78, 5) is 11.2. The molecule has 0 bridgehead atoms. The number of aliphatic imine (C=N–C) groups is 1. The SMILES string of the molecule is CN1C(=S)C(C)(C)[C@@H](N2CCCCC2)C1=NC1CCCCC1. The molecule has 0 aromatic rings. The molecule has 2 saturated heterocycles. The first-order valence-electron chi connectivity index (χ1n) is 9.11. The molecule has 0 aromatic heterocycles. The number of thiocarbonyl (C=S) groups is 1. The zero-order chi connectivity index (χ0) is 15.7. The molecule has 0 unspecified atom stereocenters. The van der Waals surface area contributed by atoms with Gasteiger partial charge in [0.05, 0.1) is 17.1 Å². The Labute approximate surface area is 141 Å². The van der Waals surface area contributed by atoms with Crippen molar-refractivity contribution in [1.29, 1.82) is 0 Å². The number of amidine groups is 1. The van der Waals surface area contributed by atoms with E-state index < -0.39 is 0 Å². The molecule has 3 aliphatic rings. The quantitative estimate of drug-likeness (QED) is 0.720. The molecule has 1 atom stereocenters. The summed E-state index contributed by atoms with van der Waals surface area (Å²) in [7, 11) is 2.13. The minimum atomic E-state index is 0.0227. The molecule has 1 saturated carbocycles. The van der Waals surface area contributed by atoms with Crippen LogP contribution in [0.2, 0.25) is 0 Å². The van der Waals surface area contributed by atoms with Gasteiger partial charge in [0, 0.05) is 12.5 Å². The zero-order valence-corrected chi connectivity index (χ0v) is 15.3. The number of piperidine rings is 1. The molecule has 1 aliphatic carbocycles. The third-order valence-electron chi connectivity index (χ3n) is 5.77. The van der Waals surface area contributed by atoms with E-state index in [1.54, 1.807) is 0 Å². The van der Waals surface area contributed by atoms with Crippen LogP contribution in [0, 0.1) is 5.41 Å². The summed E-state index contributed by atoms with van der Waals surface area (Å²) in [5, 5.41) is 0. The van der Waals surface area contributed by atoms with Crippen LogP contribution in [0.25, 0.3) is 0 Å². The summed E-state index contributed by atoms with van der Waals surface area (Å²) < 4.78 is 0. The van der Waals surface area contributed by atoms with Crippen molar-refractivity contribution in [2.45, 2.75) is 77.3 Å². The van der Waals surface area contributed by atoms with E-state index in [2.05, 4.69) is 30.7 Å². The van der Waals surface area contributed by atoms with Gasteiger partial charge in [-0.2, -0.15) is 0 Å². The van der Waals surface area contributed by atoms with Crippen molar-refractivity contribution in [3.8, 4) is 0 Å². The van der Waals surface area contributed by atoms with E-state index in [4.69, 9.17) is 17.2 Å². The number of likely N-dealkylation sites (N-methyl/N-ethyl adjacent to an activating group) is 1. The van der Waals surface area contributed by atoms with Crippen LogP contribution in [0.3, 0.4) is 0 Å². The predicted molar refractivity (Wildman–Crippen MR) is 97.7 cm³/mol. The normalized spacial score (nSPS) is 32.9. The standard InChI is InChI=1S/C18H31N3S/c1-18(2)15(21-12-8-5-9-13-21)16(20(3)17(18)22)19-14-10-6-4-7-11-14/h14-15H,4-13H2,1-3H3/t15-/m0/s1. The number of hydrogen-bond acceptors (Lipinski definition) is 3. The highest BCUT2D eigenvalue weighted by molar-refractivity contribution is 7.80. The Morgan fingerprint density at radius 3 is 2.23 bits per heavy atom. The van der Waals surface area contributed by atoms with E-state index in [1.807, 2.05) is 0 Å². The van der Waals surface area contributed by atoms with E-state index >= 15 is 0 Å². The molecule has 2 aliphatic heterocycles. The van der Waals surface area contributed by atoms with Gasteiger partial charge < -0.3 is 4.90 Å². The minimum Gasteiger partial charge on any atom is -0.326 e. The van der Waals surface area contributed by atoms with Crippen LogP contribution in [-0.4, -0.2) is 52.8 Å². The molecular formula is C18H31N3S. The second kappa shape index (κ2) is 6.56. The van der Waals surface area contributed by atoms with Crippen LogP contribution < -0.4 is 0 Å². The van der Waals surface area contributed by atoms with Crippen molar-refractivity contribution < 1.29 is 0 Å². The zero-order valence-electron chi connectivity index (χ0n) is 14.5. The molecule has 0 radical (unpaired) electrons. The highest BCUT2D eigenvalue weighted by atomic mass is 32.1. The highest BCUT2D eigenvalue weighted by Gasteiger charge is 2.50. The molecule has 3 nitrogen and oxygen atoms in total. The third-order valence-corrected chi connectivity index (χ3v) is 6.57. The van der Waals surface area contributed by atoms with E-state index in [0.29, 0.717) is 12.1 Å². The average Bonchev–Trinajstić information content (AvgIpc) is 2.70. The molecule has 0 N–H and O–H groups in total. The molecule has 0 spiro atoms. The summed E-state index contributed by atoms with van der Waals surface area (Å²) in [5.41, 5.74) is 0.0227. The van der Waals surface area contributed by atoms with Gasteiger partial charge in [0.15, 0.2) is 0 Å². The fourth-order valence-corrected chi connectivity index (χ4v) is 4.72. The van der Waals surface area contributed by atoms with Crippen molar-refractivity contribution in [1.82, 2.24) is 9.80 Å². The summed E-state index contributed by atoms with van der Waals surface area (Å²) in [6.07, 6.45) is 10.6. The largest absolute Gasteiger partial charge is 0.326 e. The van der Waals surface area contributed by atoms with Gasteiger partial charge >= 0.3 is 0 Å². The molecule has 4 heteroatoms. The van der Waals surface area contributed by atoms with Crippen LogP contribution >= 0.6 is 12.2 Å². The summed E-state index contributed by atoms with van der Waals surface area (Å²) >= 11 is 5.79. The lowest BCUT2D eigenvalue weighted by Gasteiger charge is -2.38. The van der Waals surface area contributed by atoms with Gasteiger partial charge in [-0.3, -0.25) is 9.89 Å². The number of likely N-dealkylation sites (tertiary alicyclic amines) is 2. The molecule has 3 rings (SSSR count). The van der Waals surface area contributed by atoms with Crippen molar-refractivity contribution in [3.05, 3.63) is 0 Å². The smallest absolute Gasteiger partial charge is 0.122 e. The molecular weight excluding hydrogens is 290 g/mol. The third kappa shape index (κ3) is 2.96. The second-order valence-corrected chi connectivity index (χ2v) is 8.25. The Morgan fingerprint density at radius 2 is 1.59 bits per heavy atom. The Kier molecular flexibility index (Phi) is 4.89.